The third-order valence-electron chi connectivity index (χ3n) is 7.55. The van der Waals surface area contributed by atoms with Crippen molar-refractivity contribution in [2.24, 2.45) is 5.92 Å². The summed E-state index contributed by atoms with van der Waals surface area (Å²) in [4.78, 5) is 19.9. The fourth-order valence-electron chi connectivity index (χ4n) is 5.28. The topological polar surface area (TPSA) is 71.3 Å². The van der Waals surface area contributed by atoms with Gasteiger partial charge in [-0.25, -0.2) is 0 Å². The lowest BCUT2D eigenvalue weighted by molar-refractivity contribution is -0.127. The fourth-order valence-corrected chi connectivity index (χ4v) is 5.28. The summed E-state index contributed by atoms with van der Waals surface area (Å²) in [5.74, 6) is 1.47. The van der Waals surface area contributed by atoms with E-state index in [2.05, 4.69) is 110 Å². The van der Waals surface area contributed by atoms with Gasteiger partial charge in [-0.05, 0) is 61.2 Å². The number of nitrogens with one attached hydrogen (secondary N) is 1. The number of nitrogens with zero attached hydrogens (tertiary/aromatic N) is 3. The van der Waals surface area contributed by atoms with E-state index in [9.17, 15) is 4.79 Å². The van der Waals surface area contributed by atoms with Crippen molar-refractivity contribution < 1.29 is 9.32 Å². The Balaban J connectivity index is 1.24. The Kier molecular flexibility index (Phi) is 8.17. The van der Waals surface area contributed by atoms with Crippen LogP contribution in [0.3, 0.4) is 0 Å². The maximum absolute atomic E-state index is 13.0. The van der Waals surface area contributed by atoms with Gasteiger partial charge in [0.05, 0.1) is 6.54 Å². The lowest BCUT2D eigenvalue weighted by Gasteiger charge is -2.32. The monoisotopic (exact) mass is 502 g/mol. The average molecular weight is 503 g/mol. The van der Waals surface area contributed by atoms with Gasteiger partial charge in [-0.3, -0.25) is 9.69 Å². The average Bonchev–Trinajstić information content (AvgIpc) is 3.32. The molecule has 2 aromatic carbocycles. The minimum Gasteiger partial charge on any atom is -0.353 e. The zero-order chi connectivity index (χ0) is 26.6. The lowest BCUT2D eigenvalue weighted by Crippen LogP contribution is -2.44. The molecule has 4 rings (SSSR count). The van der Waals surface area contributed by atoms with Gasteiger partial charge in [0.1, 0.15) is 0 Å². The van der Waals surface area contributed by atoms with Crippen LogP contribution in [0, 0.1) is 5.92 Å². The summed E-state index contributed by atoms with van der Waals surface area (Å²) in [6.07, 6.45) is 2.59. The van der Waals surface area contributed by atoms with Gasteiger partial charge in [0.2, 0.25) is 17.6 Å². The van der Waals surface area contributed by atoms with E-state index >= 15 is 0 Å². The quantitative estimate of drug-likeness (QED) is 0.402. The summed E-state index contributed by atoms with van der Waals surface area (Å²) in [6.45, 7) is 15.5. The zero-order valence-electron chi connectivity index (χ0n) is 23.3. The highest BCUT2D eigenvalue weighted by molar-refractivity contribution is 5.79. The van der Waals surface area contributed by atoms with Crippen LogP contribution in [-0.2, 0) is 22.2 Å². The van der Waals surface area contributed by atoms with Crippen LogP contribution in [0.4, 0.5) is 0 Å². The molecular formula is C31H42N4O2. The SMILES string of the molecule is CC(CC(C)(C)c1ccccc1)NC(=O)C1CCN(Cc2nc(-c3ccc(C(C)(C)C)cc3)no2)CC1. The van der Waals surface area contributed by atoms with Crippen LogP contribution in [0.25, 0.3) is 11.4 Å². The molecule has 1 aliphatic heterocycles. The summed E-state index contributed by atoms with van der Waals surface area (Å²) in [7, 11) is 0. The summed E-state index contributed by atoms with van der Waals surface area (Å²) in [5, 5.41) is 7.47. The first kappa shape index (κ1) is 27.1. The predicted molar refractivity (Wildman–Crippen MR) is 148 cm³/mol. The smallest absolute Gasteiger partial charge is 0.241 e. The van der Waals surface area contributed by atoms with Gasteiger partial charge < -0.3 is 9.84 Å². The first-order valence-electron chi connectivity index (χ1n) is 13.5. The summed E-state index contributed by atoms with van der Waals surface area (Å²) in [6, 6.07) is 19.0. The Morgan fingerprint density at radius 1 is 1.00 bits per heavy atom. The van der Waals surface area contributed by atoms with Crippen LogP contribution in [0.2, 0.25) is 0 Å². The molecule has 1 aromatic heterocycles. The number of carbonyl (C=O) groups excluding carboxylic acids is 1. The van der Waals surface area contributed by atoms with Crippen molar-refractivity contribution in [3.8, 4) is 11.4 Å². The Bertz CT molecular complexity index is 1150. The van der Waals surface area contributed by atoms with Gasteiger partial charge >= 0.3 is 0 Å². The normalized spacial score (nSPS) is 16.5. The molecule has 0 radical (unpaired) electrons. The molecule has 6 heteroatoms. The molecule has 0 aliphatic carbocycles. The predicted octanol–water partition coefficient (Wildman–Crippen LogP) is 6.12. The summed E-state index contributed by atoms with van der Waals surface area (Å²) in [5.41, 5.74) is 3.66. The highest BCUT2D eigenvalue weighted by Gasteiger charge is 2.29. The van der Waals surface area contributed by atoms with Crippen LogP contribution in [0.1, 0.15) is 77.8 Å². The van der Waals surface area contributed by atoms with E-state index in [0.717, 1.165) is 37.9 Å². The molecule has 1 N–H and O–H groups in total. The van der Waals surface area contributed by atoms with Gasteiger partial charge in [-0.2, -0.15) is 4.98 Å². The molecule has 6 nitrogen and oxygen atoms in total. The summed E-state index contributed by atoms with van der Waals surface area (Å²) >= 11 is 0. The molecule has 1 amide bonds. The minimum atomic E-state index is 0.00881. The molecule has 1 unspecified atom stereocenters. The largest absolute Gasteiger partial charge is 0.353 e. The van der Waals surface area contributed by atoms with E-state index in [4.69, 9.17) is 4.52 Å². The van der Waals surface area contributed by atoms with Gasteiger partial charge in [-0.1, -0.05) is 94.4 Å². The van der Waals surface area contributed by atoms with Gasteiger partial charge in [0, 0.05) is 17.5 Å². The number of hydrogen-bond acceptors (Lipinski definition) is 5. The van der Waals surface area contributed by atoms with Crippen LogP contribution in [0.5, 0.6) is 0 Å². The molecule has 2 heterocycles. The molecule has 3 aromatic rings. The van der Waals surface area contributed by atoms with Crippen molar-refractivity contribution in [1.29, 1.82) is 0 Å². The van der Waals surface area contributed by atoms with E-state index in [1.807, 2.05) is 6.07 Å². The van der Waals surface area contributed by atoms with Crippen LogP contribution >= 0.6 is 0 Å². The molecule has 1 atom stereocenters. The number of hydrogen-bond donors (Lipinski definition) is 1. The number of benzene rings is 2. The Morgan fingerprint density at radius 3 is 2.27 bits per heavy atom. The summed E-state index contributed by atoms with van der Waals surface area (Å²) < 4.78 is 5.55. The first-order valence-corrected chi connectivity index (χ1v) is 13.5. The van der Waals surface area contributed by atoms with E-state index in [0.29, 0.717) is 18.3 Å². The van der Waals surface area contributed by atoms with Crippen molar-refractivity contribution in [3.63, 3.8) is 0 Å². The molecular weight excluding hydrogens is 460 g/mol. The van der Waals surface area contributed by atoms with Gasteiger partial charge in [0.15, 0.2) is 0 Å². The molecule has 0 saturated carbocycles. The second-order valence-electron chi connectivity index (χ2n) is 12.3. The maximum atomic E-state index is 13.0. The van der Waals surface area contributed by atoms with Crippen LogP contribution in [-0.4, -0.2) is 40.1 Å². The highest BCUT2D eigenvalue weighted by atomic mass is 16.5. The number of aromatic nitrogens is 2. The van der Waals surface area contributed by atoms with E-state index < -0.39 is 0 Å². The third kappa shape index (κ3) is 7.07. The Morgan fingerprint density at radius 2 is 1.65 bits per heavy atom. The Labute approximate surface area is 221 Å². The van der Waals surface area contributed by atoms with Gasteiger partial charge in [-0.15, -0.1) is 0 Å². The van der Waals surface area contributed by atoms with Crippen molar-refractivity contribution in [1.82, 2.24) is 20.4 Å². The van der Waals surface area contributed by atoms with E-state index in [1.165, 1.54) is 11.1 Å². The van der Waals surface area contributed by atoms with Crippen molar-refractivity contribution >= 4 is 5.91 Å². The van der Waals surface area contributed by atoms with Crippen LogP contribution < -0.4 is 5.32 Å². The van der Waals surface area contributed by atoms with E-state index in [-0.39, 0.29) is 28.7 Å². The Hall–Kier alpha value is -2.99. The van der Waals surface area contributed by atoms with Crippen LogP contribution in [0.15, 0.2) is 59.1 Å². The van der Waals surface area contributed by atoms with Crippen molar-refractivity contribution in [3.05, 3.63) is 71.6 Å². The van der Waals surface area contributed by atoms with Crippen molar-refractivity contribution in [2.75, 3.05) is 13.1 Å². The number of likely N-dealkylation sites (tertiary alicyclic amines) is 1. The standard InChI is InChI=1S/C31H42N4O2/c1-22(20-31(5,6)26-10-8-7-9-11-26)32-29(36)24-16-18-35(19-17-24)21-27-33-28(34-37-27)23-12-14-25(15-13-23)30(2,3)4/h7-15,22,24H,16-21H2,1-6H3,(H,32,36). The number of rotatable bonds is 8. The molecule has 37 heavy (non-hydrogen) atoms. The number of amides is 1. The first-order chi connectivity index (χ1) is 17.5. The third-order valence-corrected chi connectivity index (χ3v) is 7.55. The molecule has 0 bridgehead atoms. The van der Waals surface area contributed by atoms with Crippen molar-refractivity contribution in [2.45, 2.75) is 84.2 Å². The number of carbonyl (C=O) groups is 1. The maximum Gasteiger partial charge on any atom is 0.241 e. The fraction of sp³-hybridized carbons (Fsp3) is 0.516. The molecule has 198 valence electrons. The van der Waals surface area contributed by atoms with Gasteiger partial charge in [0.25, 0.3) is 0 Å². The molecule has 1 saturated heterocycles. The lowest BCUT2D eigenvalue weighted by atomic mass is 9.79. The second-order valence-corrected chi connectivity index (χ2v) is 12.3. The van der Waals surface area contributed by atoms with E-state index in [1.54, 1.807) is 0 Å². The number of piperidine rings is 1. The molecule has 1 fully saturated rings. The molecule has 1 aliphatic rings. The minimum absolute atomic E-state index is 0.00881. The second kappa shape index (κ2) is 11.2. The molecule has 0 spiro atoms. The zero-order valence-corrected chi connectivity index (χ0v) is 23.3. The highest BCUT2D eigenvalue weighted by Crippen LogP contribution is 2.29.